The van der Waals surface area contributed by atoms with E-state index in [4.69, 9.17) is 5.84 Å². The van der Waals surface area contributed by atoms with Gasteiger partial charge in [-0.15, -0.1) is 10.2 Å². The summed E-state index contributed by atoms with van der Waals surface area (Å²) in [4.78, 5) is 23.7. The number of carbonyl (C=O) groups excluding carboxylic acids is 2. The SMILES string of the molecule is CC(=O)c1ccc(NC(=O)C(C)Sc2nnc(-c3ccccc3)n2N)cc1. The van der Waals surface area contributed by atoms with E-state index in [0.29, 0.717) is 22.2 Å². The van der Waals surface area contributed by atoms with Crippen molar-refractivity contribution in [1.29, 1.82) is 0 Å². The number of hydrogen-bond donors (Lipinski definition) is 2. The summed E-state index contributed by atoms with van der Waals surface area (Å²) in [5, 5.41) is 11.0. The molecule has 1 aromatic heterocycles. The summed E-state index contributed by atoms with van der Waals surface area (Å²) >= 11 is 1.22. The van der Waals surface area contributed by atoms with E-state index in [1.807, 2.05) is 30.3 Å². The van der Waals surface area contributed by atoms with Crippen LogP contribution in [-0.4, -0.2) is 31.8 Å². The van der Waals surface area contributed by atoms with Gasteiger partial charge >= 0.3 is 0 Å². The number of nitrogen functional groups attached to an aromatic ring is 1. The Bertz CT molecular complexity index is 954. The van der Waals surface area contributed by atoms with Gasteiger partial charge in [-0.1, -0.05) is 42.1 Å². The maximum Gasteiger partial charge on any atom is 0.237 e. The smallest absolute Gasteiger partial charge is 0.237 e. The van der Waals surface area contributed by atoms with Gasteiger partial charge in [-0.25, -0.2) is 4.68 Å². The number of nitrogens with zero attached hydrogens (tertiary/aromatic N) is 3. The third kappa shape index (κ3) is 4.35. The van der Waals surface area contributed by atoms with E-state index in [2.05, 4.69) is 15.5 Å². The Morgan fingerprint density at radius 3 is 2.37 bits per heavy atom. The molecule has 138 valence electrons. The molecule has 2 aromatic carbocycles. The van der Waals surface area contributed by atoms with Gasteiger partial charge in [-0.2, -0.15) is 0 Å². The average Bonchev–Trinajstić information content (AvgIpc) is 3.03. The first-order valence-corrected chi connectivity index (χ1v) is 9.18. The fourth-order valence-corrected chi connectivity index (χ4v) is 3.16. The second-order valence-corrected chi connectivity index (χ2v) is 7.23. The summed E-state index contributed by atoms with van der Waals surface area (Å²) in [6.45, 7) is 3.26. The second-order valence-electron chi connectivity index (χ2n) is 5.93. The molecule has 1 atom stereocenters. The number of Topliss-reactive ketones (excluding diaryl/α,β-unsaturated/α-hetero) is 1. The Balaban J connectivity index is 1.66. The third-order valence-electron chi connectivity index (χ3n) is 3.91. The molecule has 3 rings (SSSR count). The molecule has 8 heteroatoms. The zero-order chi connectivity index (χ0) is 19.4. The van der Waals surface area contributed by atoms with Gasteiger partial charge < -0.3 is 11.2 Å². The fourth-order valence-electron chi connectivity index (χ4n) is 2.39. The van der Waals surface area contributed by atoms with Crippen LogP contribution in [0.4, 0.5) is 5.69 Å². The fraction of sp³-hybridized carbons (Fsp3) is 0.158. The quantitative estimate of drug-likeness (QED) is 0.387. The molecule has 0 saturated heterocycles. The van der Waals surface area contributed by atoms with Crippen molar-refractivity contribution in [1.82, 2.24) is 14.9 Å². The summed E-state index contributed by atoms with van der Waals surface area (Å²) < 4.78 is 1.38. The van der Waals surface area contributed by atoms with Crippen LogP contribution in [0.3, 0.4) is 0 Å². The second kappa shape index (κ2) is 8.05. The average molecular weight is 381 g/mol. The Morgan fingerprint density at radius 1 is 1.07 bits per heavy atom. The largest absolute Gasteiger partial charge is 0.335 e. The van der Waals surface area contributed by atoms with Crippen LogP contribution >= 0.6 is 11.8 Å². The zero-order valence-corrected chi connectivity index (χ0v) is 15.7. The molecule has 0 radical (unpaired) electrons. The molecule has 1 heterocycles. The van der Waals surface area contributed by atoms with E-state index in [1.54, 1.807) is 31.2 Å². The summed E-state index contributed by atoms with van der Waals surface area (Å²) in [6.07, 6.45) is 0. The lowest BCUT2D eigenvalue weighted by molar-refractivity contribution is -0.115. The van der Waals surface area contributed by atoms with Gasteiger partial charge in [-0.3, -0.25) is 9.59 Å². The minimum atomic E-state index is -0.437. The maximum absolute atomic E-state index is 12.4. The summed E-state index contributed by atoms with van der Waals surface area (Å²) in [6, 6.07) is 16.2. The molecule has 1 unspecified atom stereocenters. The van der Waals surface area contributed by atoms with E-state index in [-0.39, 0.29) is 11.7 Å². The number of amides is 1. The monoisotopic (exact) mass is 381 g/mol. The summed E-state index contributed by atoms with van der Waals surface area (Å²) in [7, 11) is 0. The van der Waals surface area contributed by atoms with Crippen molar-refractivity contribution in [3.8, 4) is 11.4 Å². The predicted molar refractivity (Wildman–Crippen MR) is 106 cm³/mol. The van der Waals surface area contributed by atoms with Crippen LogP contribution in [0.25, 0.3) is 11.4 Å². The van der Waals surface area contributed by atoms with Gasteiger partial charge in [0.25, 0.3) is 0 Å². The van der Waals surface area contributed by atoms with Gasteiger partial charge in [0.05, 0.1) is 5.25 Å². The molecular formula is C19H19N5O2S. The number of rotatable bonds is 6. The molecule has 0 bridgehead atoms. The number of anilines is 1. The summed E-state index contributed by atoms with van der Waals surface area (Å²) in [5.74, 6) is 6.41. The molecule has 0 saturated carbocycles. The number of aromatic nitrogens is 3. The molecule has 1 amide bonds. The van der Waals surface area contributed by atoms with Gasteiger partial charge in [0.15, 0.2) is 11.6 Å². The lowest BCUT2D eigenvalue weighted by atomic mass is 10.1. The number of thioether (sulfide) groups is 1. The number of carbonyl (C=O) groups is 2. The molecular weight excluding hydrogens is 362 g/mol. The van der Waals surface area contributed by atoms with Crippen molar-refractivity contribution in [2.45, 2.75) is 24.3 Å². The van der Waals surface area contributed by atoms with E-state index >= 15 is 0 Å². The molecule has 0 aliphatic heterocycles. The Kier molecular flexibility index (Phi) is 5.56. The van der Waals surface area contributed by atoms with Crippen LogP contribution in [-0.2, 0) is 4.79 Å². The van der Waals surface area contributed by atoms with Crippen LogP contribution in [0.1, 0.15) is 24.2 Å². The highest BCUT2D eigenvalue weighted by molar-refractivity contribution is 8.00. The molecule has 7 nitrogen and oxygen atoms in total. The van der Waals surface area contributed by atoms with E-state index < -0.39 is 5.25 Å². The Labute approximate surface area is 161 Å². The van der Waals surface area contributed by atoms with Crippen molar-refractivity contribution in [2.75, 3.05) is 11.2 Å². The molecule has 0 fully saturated rings. The van der Waals surface area contributed by atoms with Crippen LogP contribution < -0.4 is 11.2 Å². The van der Waals surface area contributed by atoms with Gasteiger partial charge in [0.1, 0.15) is 0 Å². The lowest BCUT2D eigenvalue weighted by Crippen LogP contribution is -2.23. The lowest BCUT2D eigenvalue weighted by Gasteiger charge is -2.12. The van der Waals surface area contributed by atoms with Crippen LogP contribution in [0.15, 0.2) is 59.8 Å². The van der Waals surface area contributed by atoms with Gasteiger partial charge in [0.2, 0.25) is 11.1 Å². The van der Waals surface area contributed by atoms with Crippen molar-refractivity contribution < 1.29 is 9.59 Å². The van der Waals surface area contributed by atoms with Gasteiger partial charge in [0, 0.05) is 16.8 Å². The zero-order valence-electron chi connectivity index (χ0n) is 14.9. The Morgan fingerprint density at radius 2 is 1.74 bits per heavy atom. The van der Waals surface area contributed by atoms with Crippen LogP contribution in [0.5, 0.6) is 0 Å². The minimum Gasteiger partial charge on any atom is -0.335 e. The highest BCUT2D eigenvalue weighted by atomic mass is 32.2. The first kappa shape index (κ1) is 18.7. The van der Waals surface area contributed by atoms with Crippen LogP contribution in [0, 0.1) is 0 Å². The number of ketones is 1. The minimum absolute atomic E-state index is 0.0201. The molecule has 0 aliphatic rings. The summed E-state index contributed by atoms with van der Waals surface area (Å²) in [5.41, 5.74) is 2.07. The van der Waals surface area contributed by atoms with Crippen molar-refractivity contribution in [3.63, 3.8) is 0 Å². The normalized spacial score (nSPS) is 11.8. The van der Waals surface area contributed by atoms with Gasteiger partial charge in [-0.05, 0) is 38.1 Å². The highest BCUT2D eigenvalue weighted by Gasteiger charge is 2.20. The number of nitrogens with one attached hydrogen (secondary N) is 1. The van der Waals surface area contributed by atoms with Crippen molar-refractivity contribution in [2.24, 2.45) is 0 Å². The maximum atomic E-state index is 12.4. The standard InChI is InChI=1S/C19H19N5O2S/c1-12(25)14-8-10-16(11-9-14)21-18(26)13(2)27-19-23-22-17(24(19)20)15-6-4-3-5-7-15/h3-11,13H,20H2,1-2H3,(H,21,26). The molecule has 0 aliphatic carbocycles. The predicted octanol–water partition coefficient (Wildman–Crippen LogP) is 2.98. The molecule has 27 heavy (non-hydrogen) atoms. The number of nitrogens with two attached hydrogens (primary N) is 1. The highest BCUT2D eigenvalue weighted by Crippen LogP contribution is 2.25. The van der Waals surface area contributed by atoms with E-state index in [1.165, 1.54) is 23.4 Å². The molecule has 3 aromatic rings. The topological polar surface area (TPSA) is 103 Å². The molecule has 0 spiro atoms. The van der Waals surface area contributed by atoms with Crippen molar-refractivity contribution in [3.05, 3.63) is 60.2 Å². The number of hydrogen-bond acceptors (Lipinski definition) is 6. The first-order chi connectivity index (χ1) is 13.0. The Hall–Kier alpha value is -3.13. The van der Waals surface area contributed by atoms with E-state index in [0.717, 1.165) is 5.56 Å². The first-order valence-electron chi connectivity index (χ1n) is 8.30. The van der Waals surface area contributed by atoms with E-state index in [9.17, 15) is 9.59 Å². The third-order valence-corrected chi connectivity index (χ3v) is 4.96. The van der Waals surface area contributed by atoms with Crippen LogP contribution in [0.2, 0.25) is 0 Å². The number of benzene rings is 2. The molecule has 3 N–H and O–H groups in total. The van der Waals surface area contributed by atoms with Crippen molar-refractivity contribution >= 4 is 29.1 Å².